The molecule has 3 aromatic rings. The van der Waals surface area contributed by atoms with E-state index in [9.17, 15) is 9.90 Å². The van der Waals surface area contributed by atoms with E-state index in [4.69, 9.17) is 8.83 Å². The number of hydrogen-bond acceptors (Lipinski definition) is 4. The van der Waals surface area contributed by atoms with Gasteiger partial charge in [-0.3, -0.25) is 4.79 Å². The molecule has 2 heterocycles. The van der Waals surface area contributed by atoms with Crippen LogP contribution in [0.1, 0.15) is 28.0 Å². The molecular formula is C18H17NO4. The molecule has 1 aromatic carbocycles. The van der Waals surface area contributed by atoms with Gasteiger partial charge in [-0.15, -0.1) is 0 Å². The highest BCUT2D eigenvalue weighted by atomic mass is 16.4. The normalized spacial score (nSPS) is 12.0. The van der Waals surface area contributed by atoms with Gasteiger partial charge in [-0.2, -0.15) is 0 Å². The zero-order valence-electron chi connectivity index (χ0n) is 12.5. The van der Waals surface area contributed by atoms with Crippen LogP contribution >= 0.6 is 0 Å². The Kier molecular flexibility index (Phi) is 4.59. The Morgan fingerprint density at radius 1 is 1.00 bits per heavy atom. The third kappa shape index (κ3) is 3.70. The van der Waals surface area contributed by atoms with Crippen molar-refractivity contribution in [3.05, 3.63) is 84.2 Å². The zero-order valence-corrected chi connectivity index (χ0v) is 12.5. The van der Waals surface area contributed by atoms with Crippen LogP contribution in [0.4, 0.5) is 0 Å². The maximum absolute atomic E-state index is 12.6. The lowest BCUT2D eigenvalue weighted by Gasteiger charge is -2.24. The monoisotopic (exact) mass is 311 g/mol. The molecular weight excluding hydrogens is 294 g/mol. The fourth-order valence-corrected chi connectivity index (χ4v) is 2.36. The lowest BCUT2D eigenvalue weighted by Crippen LogP contribution is -2.34. The van der Waals surface area contributed by atoms with Gasteiger partial charge < -0.3 is 18.8 Å². The van der Waals surface area contributed by atoms with E-state index < -0.39 is 6.10 Å². The van der Waals surface area contributed by atoms with E-state index >= 15 is 0 Å². The van der Waals surface area contributed by atoms with Crippen molar-refractivity contribution >= 4 is 5.91 Å². The topological polar surface area (TPSA) is 66.8 Å². The van der Waals surface area contributed by atoms with E-state index in [1.807, 2.05) is 30.3 Å². The standard InChI is InChI=1S/C18H17NO4/c20-15(16-8-4-10-22-16)13-19(12-14-6-2-1-3-7-14)18(21)17-9-5-11-23-17/h1-11,15,20H,12-13H2. The first-order valence-electron chi connectivity index (χ1n) is 7.32. The van der Waals surface area contributed by atoms with Gasteiger partial charge >= 0.3 is 0 Å². The van der Waals surface area contributed by atoms with E-state index in [2.05, 4.69) is 0 Å². The Hall–Kier alpha value is -2.79. The zero-order chi connectivity index (χ0) is 16.1. The minimum Gasteiger partial charge on any atom is -0.467 e. The van der Waals surface area contributed by atoms with Gasteiger partial charge in [0.15, 0.2) is 5.76 Å². The smallest absolute Gasteiger partial charge is 0.289 e. The highest BCUT2D eigenvalue weighted by Crippen LogP contribution is 2.18. The van der Waals surface area contributed by atoms with Crippen LogP contribution in [0, 0.1) is 0 Å². The number of carbonyl (C=O) groups is 1. The number of nitrogens with zero attached hydrogens (tertiary/aromatic N) is 1. The minimum atomic E-state index is -0.896. The molecule has 3 rings (SSSR count). The van der Waals surface area contributed by atoms with Crippen molar-refractivity contribution in [1.29, 1.82) is 0 Å². The average molecular weight is 311 g/mol. The molecule has 0 aliphatic rings. The van der Waals surface area contributed by atoms with Crippen LogP contribution in [-0.2, 0) is 6.54 Å². The van der Waals surface area contributed by atoms with Gasteiger partial charge in [0.05, 0.1) is 19.1 Å². The summed E-state index contributed by atoms with van der Waals surface area (Å²) in [5.41, 5.74) is 0.971. The molecule has 0 bridgehead atoms. The van der Waals surface area contributed by atoms with Crippen molar-refractivity contribution in [3.8, 4) is 0 Å². The Bertz CT molecular complexity index is 720. The summed E-state index contributed by atoms with van der Waals surface area (Å²) in [4.78, 5) is 14.1. The number of aliphatic hydroxyl groups is 1. The van der Waals surface area contributed by atoms with Gasteiger partial charge in [-0.1, -0.05) is 30.3 Å². The second kappa shape index (κ2) is 6.98. The number of aliphatic hydroxyl groups excluding tert-OH is 1. The Labute approximate surface area is 133 Å². The number of rotatable bonds is 6. The summed E-state index contributed by atoms with van der Waals surface area (Å²) in [7, 11) is 0. The first kappa shape index (κ1) is 15.1. The van der Waals surface area contributed by atoms with Crippen molar-refractivity contribution in [2.24, 2.45) is 0 Å². The Morgan fingerprint density at radius 2 is 1.74 bits per heavy atom. The molecule has 1 amide bonds. The van der Waals surface area contributed by atoms with Gasteiger partial charge in [0.25, 0.3) is 5.91 Å². The number of benzene rings is 1. The second-order valence-corrected chi connectivity index (χ2v) is 5.18. The summed E-state index contributed by atoms with van der Waals surface area (Å²) >= 11 is 0. The molecule has 5 nitrogen and oxygen atoms in total. The summed E-state index contributed by atoms with van der Waals surface area (Å²) in [5.74, 6) is 0.396. The summed E-state index contributed by atoms with van der Waals surface area (Å²) in [6.07, 6.45) is 2.05. The van der Waals surface area contributed by atoms with Crippen molar-refractivity contribution in [1.82, 2.24) is 4.90 Å². The summed E-state index contributed by atoms with van der Waals surface area (Å²) in [6, 6.07) is 16.3. The van der Waals surface area contributed by atoms with Gasteiger partial charge in [0, 0.05) is 6.54 Å². The van der Waals surface area contributed by atoms with Crippen LogP contribution in [0.3, 0.4) is 0 Å². The highest BCUT2D eigenvalue weighted by molar-refractivity contribution is 5.91. The van der Waals surface area contributed by atoms with Crippen LogP contribution in [-0.4, -0.2) is 22.5 Å². The van der Waals surface area contributed by atoms with Crippen LogP contribution in [0.25, 0.3) is 0 Å². The second-order valence-electron chi connectivity index (χ2n) is 5.18. The van der Waals surface area contributed by atoms with Crippen LogP contribution in [0.2, 0.25) is 0 Å². The van der Waals surface area contributed by atoms with E-state index in [1.165, 1.54) is 12.5 Å². The van der Waals surface area contributed by atoms with Crippen molar-refractivity contribution < 1.29 is 18.7 Å². The van der Waals surface area contributed by atoms with E-state index in [1.54, 1.807) is 29.2 Å². The molecule has 1 atom stereocenters. The molecule has 1 unspecified atom stereocenters. The molecule has 118 valence electrons. The lowest BCUT2D eigenvalue weighted by molar-refractivity contribution is 0.0535. The number of amides is 1. The molecule has 0 aliphatic carbocycles. The minimum absolute atomic E-state index is 0.113. The quantitative estimate of drug-likeness (QED) is 0.759. The largest absolute Gasteiger partial charge is 0.467 e. The predicted octanol–water partition coefficient (Wildman–Crippen LogP) is 3.25. The molecule has 0 spiro atoms. The lowest BCUT2D eigenvalue weighted by atomic mass is 10.2. The van der Waals surface area contributed by atoms with Gasteiger partial charge in [-0.25, -0.2) is 0 Å². The summed E-state index contributed by atoms with van der Waals surface area (Å²) < 4.78 is 10.4. The van der Waals surface area contributed by atoms with E-state index in [0.717, 1.165) is 5.56 Å². The Balaban J connectivity index is 1.79. The molecule has 5 heteroatoms. The molecule has 23 heavy (non-hydrogen) atoms. The predicted molar refractivity (Wildman–Crippen MR) is 83.6 cm³/mol. The van der Waals surface area contributed by atoms with Crippen molar-refractivity contribution in [2.75, 3.05) is 6.54 Å². The van der Waals surface area contributed by atoms with Crippen molar-refractivity contribution in [3.63, 3.8) is 0 Å². The molecule has 0 saturated carbocycles. The fourth-order valence-electron chi connectivity index (χ4n) is 2.36. The number of carbonyl (C=O) groups excluding carboxylic acids is 1. The van der Waals surface area contributed by atoms with E-state index in [0.29, 0.717) is 12.3 Å². The van der Waals surface area contributed by atoms with Gasteiger partial charge in [0.1, 0.15) is 11.9 Å². The van der Waals surface area contributed by atoms with Crippen LogP contribution in [0.15, 0.2) is 76.0 Å². The Morgan fingerprint density at radius 3 is 2.39 bits per heavy atom. The molecule has 0 radical (unpaired) electrons. The van der Waals surface area contributed by atoms with Gasteiger partial charge in [-0.05, 0) is 29.8 Å². The SMILES string of the molecule is O=C(c1ccco1)N(Cc1ccccc1)CC(O)c1ccco1. The molecule has 2 aromatic heterocycles. The van der Waals surface area contributed by atoms with E-state index in [-0.39, 0.29) is 18.2 Å². The fraction of sp³-hybridized carbons (Fsp3) is 0.167. The third-order valence-electron chi connectivity index (χ3n) is 3.50. The first-order valence-corrected chi connectivity index (χ1v) is 7.32. The molecule has 0 saturated heterocycles. The highest BCUT2D eigenvalue weighted by Gasteiger charge is 2.23. The maximum atomic E-state index is 12.6. The third-order valence-corrected chi connectivity index (χ3v) is 3.50. The number of hydrogen-bond donors (Lipinski definition) is 1. The summed E-state index contributed by atoms with van der Waals surface area (Å²) in [6.45, 7) is 0.486. The van der Waals surface area contributed by atoms with Crippen molar-refractivity contribution in [2.45, 2.75) is 12.6 Å². The molecule has 0 aliphatic heterocycles. The van der Waals surface area contributed by atoms with Crippen LogP contribution < -0.4 is 0 Å². The number of furan rings is 2. The first-order chi connectivity index (χ1) is 11.2. The maximum Gasteiger partial charge on any atom is 0.289 e. The molecule has 1 N–H and O–H groups in total. The van der Waals surface area contributed by atoms with Crippen LogP contribution in [0.5, 0.6) is 0 Å². The summed E-state index contributed by atoms with van der Waals surface area (Å²) in [5, 5.41) is 10.3. The average Bonchev–Trinajstić information content (AvgIpc) is 3.27. The van der Waals surface area contributed by atoms with Gasteiger partial charge in [0.2, 0.25) is 0 Å². The molecule has 0 fully saturated rings.